The Morgan fingerprint density at radius 1 is 1.20 bits per heavy atom. The summed E-state index contributed by atoms with van der Waals surface area (Å²) in [6.07, 6.45) is 4.71. The van der Waals surface area contributed by atoms with E-state index >= 15 is 0 Å². The smallest absolute Gasteiger partial charge is 0.250 e. The van der Waals surface area contributed by atoms with Crippen molar-refractivity contribution in [1.29, 1.82) is 0 Å². The van der Waals surface area contributed by atoms with Gasteiger partial charge in [-0.2, -0.15) is 0 Å². The zero-order valence-electron chi connectivity index (χ0n) is 14.0. The number of rotatable bonds is 7. The summed E-state index contributed by atoms with van der Waals surface area (Å²) >= 11 is 11.9. The second-order valence-electron chi connectivity index (χ2n) is 5.65. The number of carbonyl (C=O) groups is 1. The van der Waals surface area contributed by atoms with Crippen LogP contribution in [0.1, 0.15) is 24.1 Å². The standard InChI is InChI=1S/C19H20Cl2N2O2/c1-14-5-4-6-19(25)23(14)12-3-2-11-22-18(24)10-8-15-7-9-16(20)13-17(15)21/h4-10,13H,2-3,11-12H2,1H3,(H,22,24)/b10-8+. The normalized spacial score (nSPS) is 11.0. The van der Waals surface area contributed by atoms with Crippen molar-refractivity contribution in [3.63, 3.8) is 0 Å². The zero-order chi connectivity index (χ0) is 18.2. The fourth-order valence-electron chi connectivity index (χ4n) is 2.38. The summed E-state index contributed by atoms with van der Waals surface area (Å²) in [6.45, 7) is 3.12. The van der Waals surface area contributed by atoms with Crippen LogP contribution in [-0.4, -0.2) is 17.0 Å². The number of aromatic nitrogens is 1. The Labute approximate surface area is 157 Å². The largest absolute Gasteiger partial charge is 0.353 e. The summed E-state index contributed by atoms with van der Waals surface area (Å²) < 4.78 is 1.74. The number of unbranched alkanes of at least 4 members (excludes halogenated alkanes) is 1. The van der Waals surface area contributed by atoms with Gasteiger partial charge in [-0.05, 0) is 49.6 Å². The molecule has 1 heterocycles. The third kappa shape index (κ3) is 6.07. The number of halogens is 2. The molecule has 2 aromatic rings. The first-order valence-corrected chi connectivity index (χ1v) is 8.80. The monoisotopic (exact) mass is 378 g/mol. The van der Waals surface area contributed by atoms with Crippen LogP contribution >= 0.6 is 23.2 Å². The zero-order valence-corrected chi connectivity index (χ0v) is 15.5. The fourth-order valence-corrected chi connectivity index (χ4v) is 2.85. The van der Waals surface area contributed by atoms with Gasteiger partial charge in [0.2, 0.25) is 5.91 Å². The van der Waals surface area contributed by atoms with Crippen molar-refractivity contribution < 1.29 is 4.79 Å². The Morgan fingerprint density at radius 2 is 2.00 bits per heavy atom. The quantitative estimate of drug-likeness (QED) is 0.582. The number of amides is 1. The number of benzene rings is 1. The van der Waals surface area contributed by atoms with Gasteiger partial charge in [0, 0.05) is 41.0 Å². The van der Waals surface area contributed by atoms with Crippen molar-refractivity contribution in [3.05, 3.63) is 74.1 Å². The number of pyridine rings is 1. The van der Waals surface area contributed by atoms with Crippen molar-refractivity contribution in [2.24, 2.45) is 0 Å². The highest BCUT2D eigenvalue weighted by Crippen LogP contribution is 2.21. The van der Waals surface area contributed by atoms with Gasteiger partial charge in [-0.1, -0.05) is 35.3 Å². The lowest BCUT2D eigenvalue weighted by Gasteiger charge is -2.09. The summed E-state index contributed by atoms with van der Waals surface area (Å²) in [5, 5.41) is 3.87. The Morgan fingerprint density at radius 3 is 2.72 bits per heavy atom. The van der Waals surface area contributed by atoms with Crippen molar-refractivity contribution in [2.75, 3.05) is 6.54 Å². The molecular weight excluding hydrogens is 359 g/mol. The van der Waals surface area contributed by atoms with Gasteiger partial charge in [0.05, 0.1) is 0 Å². The van der Waals surface area contributed by atoms with E-state index in [0.717, 1.165) is 24.1 Å². The van der Waals surface area contributed by atoms with E-state index in [2.05, 4.69) is 5.32 Å². The average Bonchev–Trinajstić information content (AvgIpc) is 2.56. The molecule has 1 aromatic heterocycles. The fraction of sp³-hybridized carbons (Fsp3) is 0.263. The van der Waals surface area contributed by atoms with Crippen LogP contribution in [0.2, 0.25) is 10.0 Å². The summed E-state index contributed by atoms with van der Waals surface area (Å²) in [6, 6.07) is 10.3. The number of nitrogens with one attached hydrogen (secondary N) is 1. The lowest BCUT2D eigenvalue weighted by molar-refractivity contribution is -0.116. The van der Waals surface area contributed by atoms with E-state index in [1.54, 1.807) is 41.0 Å². The molecule has 0 unspecified atom stereocenters. The van der Waals surface area contributed by atoms with E-state index < -0.39 is 0 Å². The lowest BCUT2D eigenvalue weighted by Crippen LogP contribution is -2.24. The van der Waals surface area contributed by atoms with Gasteiger partial charge in [-0.15, -0.1) is 0 Å². The van der Waals surface area contributed by atoms with Gasteiger partial charge in [0.15, 0.2) is 0 Å². The molecule has 0 aliphatic carbocycles. The van der Waals surface area contributed by atoms with Crippen molar-refractivity contribution in [3.8, 4) is 0 Å². The summed E-state index contributed by atoms with van der Waals surface area (Å²) in [5.74, 6) is -0.181. The molecule has 0 saturated carbocycles. The van der Waals surface area contributed by atoms with E-state index in [1.165, 1.54) is 6.08 Å². The highest BCUT2D eigenvalue weighted by molar-refractivity contribution is 6.35. The van der Waals surface area contributed by atoms with Gasteiger partial charge in [-0.25, -0.2) is 0 Å². The molecule has 4 nitrogen and oxygen atoms in total. The number of nitrogens with zero attached hydrogens (tertiary/aromatic N) is 1. The van der Waals surface area contributed by atoms with Crippen LogP contribution in [0.15, 0.2) is 47.3 Å². The molecule has 0 spiro atoms. The maximum atomic E-state index is 11.8. The van der Waals surface area contributed by atoms with E-state index in [-0.39, 0.29) is 11.5 Å². The third-order valence-electron chi connectivity index (χ3n) is 3.75. The minimum Gasteiger partial charge on any atom is -0.353 e. The Hall–Kier alpha value is -2.04. The third-order valence-corrected chi connectivity index (χ3v) is 4.31. The van der Waals surface area contributed by atoms with Crippen LogP contribution in [0.5, 0.6) is 0 Å². The molecule has 0 saturated heterocycles. The van der Waals surface area contributed by atoms with Gasteiger partial charge in [-0.3, -0.25) is 9.59 Å². The molecule has 1 amide bonds. The van der Waals surface area contributed by atoms with Crippen molar-refractivity contribution >= 4 is 35.2 Å². The molecule has 6 heteroatoms. The molecule has 2 rings (SSSR count). The van der Waals surface area contributed by atoms with E-state index in [0.29, 0.717) is 23.1 Å². The average molecular weight is 379 g/mol. The molecule has 0 radical (unpaired) electrons. The van der Waals surface area contributed by atoms with Crippen LogP contribution in [0.3, 0.4) is 0 Å². The summed E-state index contributed by atoms with van der Waals surface area (Å²) in [7, 11) is 0. The predicted molar refractivity (Wildman–Crippen MR) is 103 cm³/mol. The molecule has 0 aliphatic heterocycles. The number of carbonyl (C=O) groups excluding carboxylic acids is 1. The Balaban J connectivity index is 1.73. The maximum absolute atomic E-state index is 11.8. The molecular formula is C19H20Cl2N2O2. The molecule has 0 atom stereocenters. The van der Waals surface area contributed by atoms with Gasteiger partial charge >= 0.3 is 0 Å². The van der Waals surface area contributed by atoms with Crippen molar-refractivity contribution in [2.45, 2.75) is 26.3 Å². The first kappa shape index (κ1) is 19.3. The molecule has 0 bridgehead atoms. The Kier molecular flexibility index (Phi) is 7.29. The van der Waals surface area contributed by atoms with Crippen LogP contribution in [0.4, 0.5) is 0 Å². The minimum absolute atomic E-state index is 0.00631. The minimum atomic E-state index is -0.181. The first-order valence-electron chi connectivity index (χ1n) is 8.05. The lowest BCUT2D eigenvalue weighted by atomic mass is 10.2. The first-order chi connectivity index (χ1) is 12.0. The highest BCUT2D eigenvalue weighted by Gasteiger charge is 2.01. The second-order valence-corrected chi connectivity index (χ2v) is 6.50. The number of aryl methyl sites for hydroxylation is 1. The molecule has 1 aromatic carbocycles. The van der Waals surface area contributed by atoms with Gasteiger partial charge in [0.25, 0.3) is 5.56 Å². The summed E-state index contributed by atoms with van der Waals surface area (Å²) in [4.78, 5) is 23.6. The molecule has 1 N–H and O–H groups in total. The molecule has 0 fully saturated rings. The van der Waals surface area contributed by atoms with E-state index in [1.807, 2.05) is 13.0 Å². The van der Waals surface area contributed by atoms with Gasteiger partial charge in [0.1, 0.15) is 0 Å². The number of hydrogen-bond acceptors (Lipinski definition) is 2. The van der Waals surface area contributed by atoms with Crippen LogP contribution < -0.4 is 10.9 Å². The molecule has 132 valence electrons. The summed E-state index contributed by atoms with van der Waals surface area (Å²) in [5.41, 5.74) is 1.69. The van der Waals surface area contributed by atoms with Crippen LogP contribution in [0, 0.1) is 6.92 Å². The van der Waals surface area contributed by atoms with Crippen LogP contribution in [0.25, 0.3) is 6.08 Å². The van der Waals surface area contributed by atoms with Crippen LogP contribution in [-0.2, 0) is 11.3 Å². The molecule has 25 heavy (non-hydrogen) atoms. The topological polar surface area (TPSA) is 51.1 Å². The van der Waals surface area contributed by atoms with E-state index in [4.69, 9.17) is 23.2 Å². The predicted octanol–water partition coefficient (Wildman–Crippen LogP) is 4.07. The SMILES string of the molecule is Cc1cccc(=O)n1CCCCNC(=O)/C=C/c1ccc(Cl)cc1Cl. The second kappa shape index (κ2) is 9.44. The molecule has 0 aliphatic rings. The highest BCUT2D eigenvalue weighted by atomic mass is 35.5. The van der Waals surface area contributed by atoms with Crippen molar-refractivity contribution in [1.82, 2.24) is 9.88 Å². The van der Waals surface area contributed by atoms with E-state index in [9.17, 15) is 9.59 Å². The number of hydrogen-bond donors (Lipinski definition) is 1. The van der Waals surface area contributed by atoms with Gasteiger partial charge < -0.3 is 9.88 Å². The Bertz CT molecular complexity index is 828. The maximum Gasteiger partial charge on any atom is 0.250 e.